The van der Waals surface area contributed by atoms with Gasteiger partial charge in [-0.15, -0.1) is 0 Å². The smallest absolute Gasteiger partial charge is 0.344 e. The summed E-state index contributed by atoms with van der Waals surface area (Å²) in [5.74, 6) is -0.786. The number of benzene rings is 1. The maximum absolute atomic E-state index is 11.3. The number of hydrogen-bond donors (Lipinski definition) is 0. The Balaban J connectivity index is 2.49. The van der Waals surface area contributed by atoms with E-state index in [4.69, 9.17) is 16.3 Å². The molecule has 0 fully saturated rings. The van der Waals surface area contributed by atoms with Crippen LogP contribution >= 0.6 is 11.6 Å². The molecule has 0 radical (unpaired) electrons. The van der Waals surface area contributed by atoms with Gasteiger partial charge in [0.15, 0.2) is 0 Å². The lowest BCUT2D eigenvalue weighted by Gasteiger charge is -2.10. The molecule has 0 amide bonds. The Morgan fingerprint density at radius 2 is 1.94 bits per heavy atom. The van der Waals surface area contributed by atoms with Gasteiger partial charge < -0.3 is 9.47 Å². The Morgan fingerprint density at radius 1 is 1.31 bits per heavy atom. The van der Waals surface area contributed by atoms with Crippen molar-refractivity contribution in [2.24, 2.45) is 0 Å². The van der Waals surface area contributed by atoms with Gasteiger partial charge in [-0.2, -0.15) is 0 Å². The Bertz CT molecular complexity index is 364. The van der Waals surface area contributed by atoms with Crippen molar-refractivity contribution in [1.29, 1.82) is 0 Å². The van der Waals surface area contributed by atoms with Crippen LogP contribution in [0.1, 0.15) is 5.56 Å². The third-order valence-electron chi connectivity index (χ3n) is 1.88. The molecule has 5 heteroatoms. The topological polar surface area (TPSA) is 52.6 Å². The second kappa shape index (κ2) is 6.25. The van der Waals surface area contributed by atoms with Gasteiger partial charge in [0, 0.05) is 7.11 Å². The molecule has 1 unspecified atom stereocenters. The lowest BCUT2D eigenvalue weighted by molar-refractivity contribution is -0.158. The summed E-state index contributed by atoms with van der Waals surface area (Å²) in [5, 5.41) is -0.888. The SMILES string of the molecule is COC(C(=O)Cl)C(=O)OCc1ccccc1. The first kappa shape index (κ1) is 12.7. The molecule has 16 heavy (non-hydrogen) atoms. The highest BCUT2D eigenvalue weighted by Crippen LogP contribution is 2.04. The first-order chi connectivity index (χ1) is 7.65. The molecule has 0 aliphatic heterocycles. The molecule has 0 heterocycles. The lowest BCUT2D eigenvalue weighted by Crippen LogP contribution is -2.30. The Kier molecular flexibility index (Phi) is 4.95. The number of carbonyl (C=O) groups excluding carboxylic acids is 2. The minimum atomic E-state index is -1.36. The van der Waals surface area contributed by atoms with E-state index in [-0.39, 0.29) is 6.61 Å². The Hall–Kier alpha value is -1.39. The summed E-state index contributed by atoms with van der Waals surface area (Å²) in [7, 11) is 1.22. The predicted octanol–water partition coefficient (Wildman–Crippen LogP) is 1.51. The number of ether oxygens (including phenoxy) is 2. The van der Waals surface area contributed by atoms with Crippen LogP contribution in [-0.4, -0.2) is 24.4 Å². The van der Waals surface area contributed by atoms with E-state index in [1.807, 2.05) is 18.2 Å². The summed E-state index contributed by atoms with van der Waals surface area (Å²) in [4.78, 5) is 22.1. The highest BCUT2D eigenvalue weighted by atomic mass is 35.5. The molecule has 0 bridgehead atoms. The maximum atomic E-state index is 11.3. The monoisotopic (exact) mass is 242 g/mol. The van der Waals surface area contributed by atoms with E-state index in [9.17, 15) is 9.59 Å². The number of carbonyl (C=O) groups is 2. The molecule has 1 aromatic rings. The van der Waals surface area contributed by atoms with E-state index < -0.39 is 17.3 Å². The van der Waals surface area contributed by atoms with Gasteiger partial charge in [0.2, 0.25) is 6.10 Å². The van der Waals surface area contributed by atoms with Crippen molar-refractivity contribution >= 4 is 22.8 Å². The second-order valence-corrected chi connectivity index (χ2v) is 3.39. The fraction of sp³-hybridized carbons (Fsp3) is 0.273. The van der Waals surface area contributed by atoms with Crippen LogP contribution in [-0.2, 0) is 25.7 Å². The molecular weight excluding hydrogens is 232 g/mol. The molecular formula is C11H11ClO4. The van der Waals surface area contributed by atoms with Crippen molar-refractivity contribution in [3.8, 4) is 0 Å². The van der Waals surface area contributed by atoms with Crippen LogP contribution in [0.2, 0.25) is 0 Å². The summed E-state index contributed by atoms with van der Waals surface area (Å²) in [6.07, 6.45) is -1.36. The number of halogens is 1. The number of hydrogen-bond acceptors (Lipinski definition) is 4. The van der Waals surface area contributed by atoms with Crippen molar-refractivity contribution in [3.63, 3.8) is 0 Å². The average molecular weight is 243 g/mol. The minimum absolute atomic E-state index is 0.0870. The van der Waals surface area contributed by atoms with Gasteiger partial charge in [0.05, 0.1) is 0 Å². The zero-order valence-electron chi connectivity index (χ0n) is 8.68. The number of methoxy groups -OCH3 is 1. The summed E-state index contributed by atoms with van der Waals surface area (Å²) in [6, 6.07) is 9.11. The van der Waals surface area contributed by atoms with E-state index in [2.05, 4.69) is 4.74 Å². The maximum Gasteiger partial charge on any atom is 0.344 e. The zero-order valence-corrected chi connectivity index (χ0v) is 9.44. The molecule has 0 saturated carbocycles. The standard InChI is InChI=1S/C11H11ClO4/c1-15-9(10(12)13)11(14)16-7-8-5-3-2-4-6-8/h2-6,9H,7H2,1H3. The van der Waals surface area contributed by atoms with Gasteiger partial charge in [-0.3, -0.25) is 4.79 Å². The molecule has 1 aromatic carbocycles. The molecule has 86 valence electrons. The van der Waals surface area contributed by atoms with E-state index in [1.54, 1.807) is 12.1 Å². The molecule has 4 nitrogen and oxygen atoms in total. The van der Waals surface area contributed by atoms with Gasteiger partial charge in [-0.25, -0.2) is 4.79 Å². The second-order valence-electron chi connectivity index (χ2n) is 3.01. The average Bonchev–Trinajstić information content (AvgIpc) is 2.28. The van der Waals surface area contributed by atoms with Crippen LogP contribution < -0.4 is 0 Å². The predicted molar refractivity (Wildman–Crippen MR) is 57.9 cm³/mol. The Labute approximate surface area is 98.1 Å². The van der Waals surface area contributed by atoms with Crippen LogP contribution in [0, 0.1) is 0 Å². The quantitative estimate of drug-likeness (QED) is 0.446. The molecule has 0 aliphatic rings. The number of rotatable bonds is 5. The van der Waals surface area contributed by atoms with Crippen molar-refractivity contribution in [2.75, 3.05) is 7.11 Å². The summed E-state index contributed by atoms with van der Waals surface area (Å²) in [5.41, 5.74) is 0.827. The van der Waals surface area contributed by atoms with Crippen LogP contribution in [0.3, 0.4) is 0 Å². The molecule has 0 spiro atoms. The third kappa shape index (κ3) is 3.64. The lowest BCUT2D eigenvalue weighted by atomic mass is 10.2. The Morgan fingerprint density at radius 3 is 2.44 bits per heavy atom. The van der Waals surface area contributed by atoms with Crippen LogP contribution in [0.4, 0.5) is 0 Å². The van der Waals surface area contributed by atoms with E-state index in [1.165, 1.54) is 7.11 Å². The van der Waals surface area contributed by atoms with Gasteiger partial charge >= 0.3 is 5.97 Å². The molecule has 1 rings (SSSR count). The minimum Gasteiger partial charge on any atom is -0.459 e. The van der Waals surface area contributed by atoms with Crippen LogP contribution in [0.25, 0.3) is 0 Å². The molecule has 0 N–H and O–H groups in total. The van der Waals surface area contributed by atoms with Crippen LogP contribution in [0.5, 0.6) is 0 Å². The first-order valence-electron chi connectivity index (χ1n) is 4.58. The fourth-order valence-electron chi connectivity index (χ4n) is 1.09. The van der Waals surface area contributed by atoms with Gasteiger partial charge in [-0.1, -0.05) is 30.3 Å². The number of esters is 1. The highest BCUT2D eigenvalue weighted by Gasteiger charge is 2.26. The summed E-state index contributed by atoms with van der Waals surface area (Å²) >= 11 is 5.16. The normalized spacial score (nSPS) is 11.9. The van der Waals surface area contributed by atoms with E-state index in [0.29, 0.717) is 0 Å². The van der Waals surface area contributed by atoms with E-state index >= 15 is 0 Å². The summed E-state index contributed by atoms with van der Waals surface area (Å²) < 4.78 is 9.48. The third-order valence-corrected chi connectivity index (χ3v) is 2.08. The first-order valence-corrected chi connectivity index (χ1v) is 4.95. The van der Waals surface area contributed by atoms with Gasteiger partial charge in [0.25, 0.3) is 5.24 Å². The molecule has 0 saturated heterocycles. The van der Waals surface area contributed by atoms with E-state index in [0.717, 1.165) is 5.56 Å². The molecule has 0 aliphatic carbocycles. The van der Waals surface area contributed by atoms with Crippen molar-refractivity contribution in [1.82, 2.24) is 0 Å². The van der Waals surface area contributed by atoms with Crippen molar-refractivity contribution < 1.29 is 19.1 Å². The van der Waals surface area contributed by atoms with Crippen molar-refractivity contribution in [3.05, 3.63) is 35.9 Å². The fourth-order valence-corrected chi connectivity index (χ4v) is 1.26. The zero-order chi connectivity index (χ0) is 12.0. The van der Waals surface area contributed by atoms with Gasteiger partial charge in [-0.05, 0) is 17.2 Å². The van der Waals surface area contributed by atoms with Crippen molar-refractivity contribution in [2.45, 2.75) is 12.7 Å². The van der Waals surface area contributed by atoms with Crippen LogP contribution in [0.15, 0.2) is 30.3 Å². The van der Waals surface area contributed by atoms with Gasteiger partial charge in [0.1, 0.15) is 6.61 Å². The highest BCUT2D eigenvalue weighted by molar-refractivity contribution is 6.66. The largest absolute Gasteiger partial charge is 0.459 e. The molecule has 0 aromatic heterocycles. The molecule has 1 atom stereocenters. The summed E-state index contributed by atoms with van der Waals surface area (Å²) in [6.45, 7) is 0.0870.